The number of aliphatic hydroxyl groups excluding tert-OH is 1. The van der Waals surface area contributed by atoms with Crippen LogP contribution in [-0.2, 0) is 20.0 Å². The second kappa shape index (κ2) is 6.58. The van der Waals surface area contributed by atoms with E-state index in [9.17, 15) is 5.11 Å². The third-order valence-electron chi connectivity index (χ3n) is 5.21. The third-order valence-corrected chi connectivity index (χ3v) is 5.21. The number of fused-ring (bicyclic) bond motifs is 1. The van der Waals surface area contributed by atoms with Crippen LogP contribution in [-0.4, -0.2) is 44.0 Å². The van der Waals surface area contributed by atoms with Crippen molar-refractivity contribution in [3.05, 3.63) is 59.5 Å². The topological polar surface area (TPSA) is 54.2 Å². The first kappa shape index (κ1) is 16.2. The van der Waals surface area contributed by atoms with Crippen LogP contribution in [0.5, 0.6) is 0 Å². The van der Waals surface area contributed by atoms with Crippen LogP contribution in [0.3, 0.4) is 0 Å². The first-order valence-corrected chi connectivity index (χ1v) is 8.82. The van der Waals surface area contributed by atoms with Crippen molar-refractivity contribution in [2.45, 2.75) is 26.0 Å². The average Bonchev–Trinajstić information content (AvgIpc) is 3.09. The Kier molecular flexibility index (Phi) is 4.27. The number of β-amino-alcohol motifs (C(OH)–C–C–N with tert-alkyl or cyclic N) is 1. The minimum Gasteiger partial charge on any atom is -0.391 e. The SMILES string of the molecule is Cc1nn(C)cc1CN1C[C@@H](Cc2ccnc3ccccc23)[C@@H](O)C1. The number of pyridine rings is 1. The van der Waals surface area contributed by atoms with Crippen LogP contribution in [0.2, 0.25) is 0 Å². The van der Waals surface area contributed by atoms with Gasteiger partial charge in [-0.2, -0.15) is 5.10 Å². The number of likely N-dealkylation sites (tertiary alicyclic amines) is 1. The molecule has 5 nitrogen and oxygen atoms in total. The fraction of sp³-hybridized carbons (Fsp3) is 0.400. The molecule has 2 aromatic heterocycles. The lowest BCUT2D eigenvalue weighted by Gasteiger charge is -2.16. The molecule has 0 bridgehead atoms. The molecule has 0 spiro atoms. The molecule has 4 rings (SSSR count). The van der Waals surface area contributed by atoms with Gasteiger partial charge in [-0.25, -0.2) is 0 Å². The van der Waals surface area contributed by atoms with Gasteiger partial charge in [0.2, 0.25) is 0 Å². The number of rotatable bonds is 4. The Hall–Kier alpha value is -2.24. The van der Waals surface area contributed by atoms with Crippen molar-refractivity contribution in [2.24, 2.45) is 13.0 Å². The van der Waals surface area contributed by atoms with E-state index in [4.69, 9.17) is 0 Å². The fourth-order valence-corrected chi connectivity index (χ4v) is 3.93. The molecule has 0 saturated carbocycles. The summed E-state index contributed by atoms with van der Waals surface area (Å²) in [6, 6.07) is 10.3. The zero-order valence-electron chi connectivity index (χ0n) is 14.8. The molecular weight excluding hydrogens is 312 g/mol. The summed E-state index contributed by atoms with van der Waals surface area (Å²) < 4.78 is 1.86. The first-order valence-electron chi connectivity index (χ1n) is 8.82. The maximum absolute atomic E-state index is 10.6. The highest BCUT2D eigenvalue weighted by Crippen LogP contribution is 2.26. The Morgan fingerprint density at radius 2 is 2.00 bits per heavy atom. The summed E-state index contributed by atoms with van der Waals surface area (Å²) in [5.74, 6) is 0.253. The number of nitrogens with zero attached hydrogens (tertiary/aromatic N) is 4. The zero-order valence-corrected chi connectivity index (χ0v) is 14.8. The van der Waals surface area contributed by atoms with Gasteiger partial charge in [-0.1, -0.05) is 18.2 Å². The van der Waals surface area contributed by atoms with Gasteiger partial charge in [-0.3, -0.25) is 14.6 Å². The number of aromatic nitrogens is 3. The van der Waals surface area contributed by atoms with Gasteiger partial charge < -0.3 is 5.11 Å². The monoisotopic (exact) mass is 336 g/mol. The normalized spacial score (nSPS) is 21.2. The maximum atomic E-state index is 10.6. The molecule has 0 aliphatic carbocycles. The molecule has 5 heteroatoms. The highest BCUT2D eigenvalue weighted by Gasteiger charge is 2.32. The van der Waals surface area contributed by atoms with Crippen LogP contribution in [0, 0.1) is 12.8 Å². The van der Waals surface area contributed by atoms with Crippen LogP contribution in [0.1, 0.15) is 16.8 Å². The summed E-state index contributed by atoms with van der Waals surface area (Å²) in [4.78, 5) is 6.77. The maximum Gasteiger partial charge on any atom is 0.0710 e. The van der Waals surface area contributed by atoms with Crippen molar-refractivity contribution in [2.75, 3.05) is 13.1 Å². The third kappa shape index (κ3) is 3.30. The standard InChI is InChI=1S/C20H24N4O/c1-14-17(10-23(2)22-14)12-24-11-16(20(25)13-24)9-15-7-8-21-19-6-4-3-5-18(15)19/h3-8,10,16,20,25H,9,11-13H2,1-2H3/t16-,20+/m1/s1. The molecule has 130 valence electrons. The summed E-state index contributed by atoms with van der Waals surface area (Å²) in [5.41, 5.74) is 4.61. The predicted molar refractivity (Wildman–Crippen MR) is 98.2 cm³/mol. The van der Waals surface area contributed by atoms with Gasteiger partial charge in [0.15, 0.2) is 0 Å². The molecular formula is C20H24N4O. The van der Waals surface area contributed by atoms with Crippen LogP contribution in [0.25, 0.3) is 10.9 Å². The molecule has 0 amide bonds. The largest absolute Gasteiger partial charge is 0.391 e. The highest BCUT2D eigenvalue weighted by molar-refractivity contribution is 5.81. The van der Waals surface area contributed by atoms with Gasteiger partial charge in [0.1, 0.15) is 0 Å². The molecule has 1 aromatic carbocycles. The fourth-order valence-electron chi connectivity index (χ4n) is 3.93. The average molecular weight is 336 g/mol. The van der Waals surface area contributed by atoms with E-state index in [1.807, 2.05) is 37.0 Å². The minimum absolute atomic E-state index is 0.253. The first-order chi connectivity index (χ1) is 12.1. The molecule has 1 aliphatic rings. The second-order valence-corrected chi connectivity index (χ2v) is 7.13. The molecule has 1 fully saturated rings. The minimum atomic E-state index is -0.288. The Bertz CT molecular complexity index is 883. The smallest absolute Gasteiger partial charge is 0.0710 e. The van der Waals surface area contributed by atoms with E-state index in [2.05, 4.69) is 39.4 Å². The van der Waals surface area contributed by atoms with E-state index in [0.717, 1.165) is 37.3 Å². The molecule has 0 unspecified atom stereocenters. The zero-order chi connectivity index (χ0) is 17.4. The van der Waals surface area contributed by atoms with Crippen molar-refractivity contribution < 1.29 is 5.11 Å². The van der Waals surface area contributed by atoms with Gasteiger partial charge in [-0.15, -0.1) is 0 Å². The molecule has 1 saturated heterocycles. The van der Waals surface area contributed by atoms with Crippen LogP contribution in [0.15, 0.2) is 42.7 Å². The lowest BCUT2D eigenvalue weighted by atomic mass is 9.94. The molecule has 3 aromatic rings. The van der Waals surface area contributed by atoms with E-state index in [0.29, 0.717) is 0 Å². The number of hydrogen-bond acceptors (Lipinski definition) is 4. The Morgan fingerprint density at radius 1 is 1.16 bits per heavy atom. The van der Waals surface area contributed by atoms with E-state index in [-0.39, 0.29) is 12.0 Å². The van der Waals surface area contributed by atoms with Crippen LogP contribution < -0.4 is 0 Å². The Labute approximate surface area is 147 Å². The quantitative estimate of drug-likeness (QED) is 0.794. The van der Waals surface area contributed by atoms with Crippen molar-refractivity contribution >= 4 is 10.9 Å². The van der Waals surface area contributed by atoms with Crippen molar-refractivity contribution in [3.8, 4) is 0 Å². The number of benzene rings is 1. The summed E-state index contributed by atoms with van der Waals surface area (Å²) >= 11 is 0. The Morgan fingerprint density at radius 3 is 2.80 bits per heavy atom. The van der Waals surface area contributed by atoms with Crippen molar-refractivity contribution in [1.29, 1.82) is 0 Å². The number of hydrogen-bond donors (Lipinski definition) is 1. The molecule has 1 N–H and O–H groups in total. The molecule has 25 heavy (non-hydrogen) atoms. The van der Waals surface area contributed by atoms with Crippen molar-refractivity contribution in [1.82, 2.24) is 19.7 Å². The summed E-state index contributed by atoms with van der Waals surface area (Å²) in [5, 5.41) is 16.2. The molecule has 1 aliphatic heterocycles. The van der Waals surface area contributed by atoms with Crippen LogP contribution in [0.4, 0.5) is 0 Å². The number of para-hydroxylation sites is 1. The lowest BCUT2D eigenvalue weighted by molar-refractivity contribution is 0.141. The van der Waals surface area contributed by atoms with Gasteiger partial charge in [0, 0.05) is 55.9 Å². The van der Waals surface area contributed by atoms with Crippen LogP contribution >= 0.6 is 0 Å². The summed E-state index contributed by atoms with van der Waals surface area (Å²) in [6.45, 7) is 4.53. The lowest BCUT2D eigenvalue weighted by Crippen LogP contribution is -2.21. The predicted octanol–water partition coefficient (Wildman–Crippen LogP) is 2.31. The van der Waals surface area contributed by atoms with Crippen molar-refractivity contribution in [3.63, 3.8) is 0 Å². The van der Waals surface area contributed by atoms with Gasteiger partial charge in [0.25, 0.3) is 0 Å². The van der Waals surface area contributed by atoms with E-state index in [1.165, 1.54) is 16.5 Å². The molecule has 2 atom stereocenters. The van der Waals surface area contributed by atoms with E-state index >= 15 is 0 Å². The second-order valence-electron chi connectivity index (χ2n) is 7.13. The van der Waals surface area contributed by atoms with Gasteiger partial charge in [0.05, 0.1) is 17.3 Å². The highest BCUT2D eigenvalue weighted by atomic mass is 16.3. The van der Waals surface area contributed by atoms with E-state index < -0.39 is 0 Å². The van der Waals surface area contributed by atoms with Gasteiger partial charge in [-0.05, 0) is 31.0 Å². The number of aryl methyl sites for hydroxylation is 2. The molecule has 0 radical (unpaired) electrons. The molecule has 3 heterocycles. The summed E-state index contributed by atoms with van der Waals surface area (Å²) in [7, 11) is 1.95. The van der Waals surface area contributed by atoms with Gasteiger partial charge >= 0.3 is 0 Å². The number of aliphatic hydroxyl groups is 1. The Balaban J connectivity index is 1.49. The summed E-state index contributed by atoms with van der Waals surface area (Å²) in [6.07, 6.45) is 4.54. The van der Waals surface area contributed by atoms with E-state index in [1.54, 1.807) is 0 Å².